The van der Waals surface area contributed by atoms with Crippen molar-refractivity contribution >= 4 is 29.2 Å². The Morgan fingerprint density at radius 1 is 0.938 bits per heavy atom. The molecule has 4 rings (SSSR count). The zero-order valence-corrected chi connectivity index (χ0v) is 18.9. The molecule has 6 nitrogen and oxygen atoms in total. The highest BCUT2D eigenvalue weighted by Gasteiger charge is 2.38. The first-order valence-corrected chi connectivity index (χ1v) is 11.0. The van der Waals surface area contributed by atoms with E-state index in [0.29, 0.717) is 40.6 Å². The molecule has 166 valence electrons. The number of para-hydroxylation sites is 1. The molecule has 0 saturated carbocycles. The lowest BCUT2D eigenvalue weighted by Gasteiger charge is -2.38. The molecule has 0 aromatic heterocycles. The van der Waals surface area contributed by atoms with E-state index in [9.17, 15) is 14.7 Å². The number of carbonyl (C=O) groups is 2. The van der Waals surface area contributed by atoms with Crippen LogP contribution in [0.4, 0.5) is 5.69 Å². The minimum absolute atomic E-state index is 0.140. The highest BCUT2D eigenvalue weighted by atomic mass is 35.5. The van der Waals surface area contributed by atoms with E-state index in [-0.39, 0.29) is 11.5 Å². The maximum Gasteiger partial charge on any atom is 0.334 e. The van der Waals surface area contributed by atoms with Gasteiger partial charge in [-0.05, 0) is 43.7 Å². The van der Waals surface area contributed by atoms with Crippen molar-refractivity contribution in [2.24, 2.45) is 0 Å². The van der Waals surface area contributed by atoms with E-state index in [2.05, 4.69) is 22.3 Å². The average Bonchev–Trinajstić information content (AvgIpc) is 2.78. The number of carboxylic acid groups (broad SMARTS) is 1. The summed E-state index contributed by atoms with van der Waals surface area (Å²) in [5.74, 6) is -1.88. The number of allylic oxidation sites excluding steroid dienone is 2. The largest absolute Gasteiger partial charge is 0.478 e. The van der Waals surface area contributed by atoms with Crippen LogP contribution in [0, 0.1) is 0 Å². The predicted octanol–water partition coefficient (Wildman–Crippen LogP) is 4.01. The summed E-state index contributed by atoms with van der Waals surface area (Å²) in [7, 11) is 0. The first-order valence-electron chi connectivity index (χ1n) is 10.6. The summed E-state index contributed by atoms with van der Waals surface area (Å²) in [6.45, 7) is 6.13. The molecule has 2 heterocycles. The van der Waals surface area contributed by atoms with Gasteiger partial charge in [0.1, 0.15) is 0 Å². The topological polar surface area (TPSA) is 72.9 Å². The lowest BCUT2D eigenvalue weighted by molar-refractivity contribution is -0.133. The maximum absolute atomic E-state index is 13.7. The van der Waals surface area contributed by atoms with Crippen LogP contribution in [0.5, 0.6) is 0 Å². The zero-order chi connectivity index (χ0) is 22.8. The van der Waals surface area contributed by atoms with Crippen molar-refractivity contribution in [2.75, 3.05) is 31.1 Å². The molecule has 2 aliphatic heterocycles. The average molecular weight is 452 g/mol. The Balaban J connectivity index is 1.64. The molecule has 2 aromatic carbocycles. The second-order valence-electron chi connectivity index (χ2n) is 8.11. The van der Waals surface area contributed by atoms with Crippen molar-refractivity contribution in [3.05, 3.63) is 87.7 Å². The lowest BCUT2D eigenvalue weighted by atomic mass is 9.80. The summed E-state index contributed by atoms with van der Waals surface area (Å²) < 4.78 is 0. The highest BCUT2D eigenvalue weighted by Crippen LogP contribution is 2.39. The Bertz CT molecular complexity index is 1100. The summed E-state index contributed by atoms with van der Waals surface area (Å²) in [4.78, 5) is 30.0. The summed E-state index contributed by atoms with van der Waals surface area (Å²) >= 11 is 6.22. The van der Waals surface area contributed by atoms with Crippen molar-refractivity contribution in [1.82, 2.24) is 10.2 Å². The number of dihydropyridines is 1. The number of amides is 1. The number of hydrogen-bond acceptors (Lipinski definition) is 4. The van der Waals surface area contributed by atoms with E-state index in [0.717, 1.165) is 18.8 Å². The van der Waals surface area contributed by atoms with Crippen molar-refractivity contribution in [2.45, 2.75) is 19.8 Å². The Kier molecular flexibility index (Phi) is 6.24. The standard InChI is InChI=1S/C25H26ClN3O3/c1-16-21(24(30)29-13-11-28(12-14-29)20-9-4-3-5-10-20)23(18-7-6-8-19(26)15-18)22(25(31)32)17(2)27-16/h3-10,15,23,27H,11-14H2,1-2H3,(H,31,32). The van der Waals surface area contributed by atoms with Gasteiger partial charge in [-0.2, -0.15) is 0 Å². The number of rotatable bonds is 4. The Morgan fingerprint density at radius 3 is 2.22 bits per heavy atom. The van der Waals surface area contributed by atoms with Crippen LogP contribution < -0.4 is 10.2 Å². The normalized spacial score (nSPS) is 19.2. The second kappa shape index (κ2) is 9.09. The third kappa shape index (κ3) is 4.23. The van der Waals surface area contributed by atoms with Gasteiger partial charge in [0.2, 0.25) is 0 Å². The van der Waals surface area contributed by atoms with Crippen molar-refractivity contribution in [3.63, 3.8) is 0 Å². The van der Waals surface area contributed by atoms with Crippen LogP contribution in [-0.2, 0) is 9.59 Å². The summed E-state index contributed by atoms with van der Waals surface area (Å²) in [6, 6.07) is 17.2. The van der Waals surface area contributed by atoms with Gasteiger partial charge in [0.05, 0.1) is 11.5 Å². The molecule has 0 radical (unpaired) electrons. The molecule has 2 aromatic rings. The number of hydrogen-bond donors (Lipinski definition) is 2. The van der Waals surface area contributed by atoms with Gasteiger partial charge < -0.3 is 20.2 Å². The molecule has 1 fully saturated rings. The number of halogens is 1. The third-order valence-corrected chi connectivity index (χ3v) is 6.33. The number of nitrogens with one attached hydrogen (secondary N) is 1. The number of piperazine rings is 1. The molecule has 2 aliphatic rings. The van der Waals surface area contributed by atoms with Gasteiger partial charge in [-0.25, -0.2) is 4.79 Å². The molecule has 0 spiro atoms. The van der Waals surface area contributed by atoms with Gasteiger partial charge in [0.15, 0.2) is 0 Å². The maximum atomic E-state index is 13.7. The lowest BCUT2D eigenvalue weighted by Crippen LogP contribution is -2.50. The fourth-order valence-electron chi connectivity index (χ4n) is 4.56. The van der Waals surface area contributed by atoms with Crippen molar-refractivity contribution < 1.29 is 14.7 Å². The second-order valence-corrected chi connectivity index (χ2v) is 8.55. The molecule has 32 heavy (non-hydrogen) atoms. The van der Waals surface area contributed by atoms with Crippen LogP contribution in [0.2, 0.25) is 5.02 Å². The minimum Gasteiger partial charge on any atom is -0.478 e. The first kappa shape index (κ1) is 22.0. The van der Waals surface area contributed by atoms with Crippen LogP contribution in [0.25, 0.3) is 0 Å². The first-order chi connectivity index (χ1) is 15.4. The third-order valence-electron chi connectivity index (χ3n) is 6.09. The van der Waals surface area contributed by atoms with Gasteiger partial charge in [-0.15, -0.1) is 0 Å². The van der Waals surface area contributed by atoms with E-state index in [4.69, 9.17) is 11.6 Å². The molecule has 1 atom stereocenters. The van der Waals surface area contributed by atoms with Gasteiger partial charge in [0, 0.05) is 53.9 Å². The number of benzene rings is 2. The summed E-state index contributed by atoms with van der Waals surface area (Å²) in [5, 5.41) is 13.6. The van der Waals surface area contributed by atoms with E-state index >= 15 is 0 Å². The van der Waals surface area contributed by atoms with Crippen LogP contribution in [0.3, 0.4) is 0 Å². The van der Waals surface area contributed by atoms with Gasteiger partial charge in [-0.1, -0.05) is 41.9 Å². The van der Waals surface area contributed by atoms with E-state index in [1.807, 2.05) is 36.1 Å². The Hall–Kier alpha value is -3.25. The van der Waals surface area contributed by atoms with E-state index in [1.54, 1.807) is 25.1 Å². The van der Waals surface area contributed by atoms with E-state index in [1.165, 1.54) is 0 Å². The van der Waals surface area contributed by atoms with Crippen molar-refractivity contribution in [1.29, 1.82) is 0 Å². The fourth-order valence-corrected chi connectivity index (χ4v) is 4.76. The quantitative estimate of drug-likeness (QED) is 0.734. The Morgan fingerprint density at radius 2 is 1.59 bits per heavy atom. The number of aliphatic carboxylic acids is 1. The molecule has 1 amide bonds. The predicted molar refractivity (Wildman–Crippen MR) is 126 cm³/mol. The Labute approximate surface area is 192 Å². The SMILES string of the molecule is CC1=C(C(=O)O)C(c2cccc(Cl)c2)C(C(=O)N2CCN(c3ccccc3)CC2)=C(C)N1. The number of carboxylic acids is 1. The molecule has 2 N–H and O–H groups in total. The van der Waals surface area contributed by atoms with E-state index < -0.39 is 11.9 Å². The number of nitrogens with zero attached hydrogens (tertiary/aromatic N) is 2. The van der Waals surface area contributed by atoms with Crippen LogP contribution in [-0.4, -0.2) is 48.1 Å². The van der Waals surface area contributed by atoms with Gasteiger partial charge >= 0.3 is 5.97 Å². The monoisotopic (exact) mass is 451 g/mol. The molecule has 1 unspecified atom stereocenters. The highest BCUT2D eigenvalue weighted by molar-refractivity contribution is 6.30. The summed E-state index contributed by atoms with van der Waals surface area (Å²) in [6.07, 6.45) is 0. The zero-order valence-electron chi connectivity index (χ0n) is 18.1. The van der Waals surface area contributed by atoms with Crippen LogP contribution in [0.1, 0.15) is 25.3 Å². The molecular formula is C25H26ClN3O3. The number of carbonyl (C=O) groups excluding carboxylic acids is 1. The van der Waals surface area contributed by atoms with Crippen molar-refractivity contribution in [3.8, 4) is 0 Å². The van der Waals surface area contributed by atoms with Gasteiger partial charge in [-0.3, -0.25) is 4.79 Å². The molecule has 7 heteroatoms. The number of anilines is 1. The summed E-state index contributed by atoms with van der Waals surface area (Å²) in [5.41, 5.74) is 3.67. The van der Waals surface area contributed by atoms with Crippen LogP contribution >= 0.6 is 11.6 Å². The molecule has 0 bridgehead atoms. The molecule has 0 aliphatic carbocycles. The van der Waals surface area contributed by atoms with Gasteiger partial charge in [0.25, 0.3) is 5.91 Å². The molecular weight excluding hydrogens is 426 g/mol. The fraction of sp³-hybridized carbons (Fsp3) is 0.280. The minimum atomic E-state index is -1.05. The molecule has 1 saturated heterocycles. The van der Waals surface area contributed by atoms with Crippen LogP contribution in [0.15, 0.2) is 77.1 Å². The smallest absolute Gasteiger partial charge is 0.334 e.